The molecule has 94 valence electrons. The molecule has 1 saturated carbocycles. The van der Waals surface area contributed by atoms with E-state index in [-0.39, 0.29) is 5.82 Å². The first-order chi connectivity index (χ1) is 8.20. The third-order valence-electron chi connectivity index (χ3n) is 3.52. The molecule has 2 rings (SSSR count). The molecule has 2 unspecified atom stereocenters. The van der Waals surface area contributed by atoms with E-state index in [1.165, 1.54) is 6.07 Å². The summed E-state index contributed by atoms with van der Waals surface area (Å²) in [5, 5.41) is 3.99. The minimum Gasteiger partial charge on any atom is -0.314 e. The van der Waals surface area contributed by atoms with Crippen LogP contribution in [0.1, 0.15) is 44.1 Å². The van der Waals surface area contributed by atoms with E-state index in [2.05, 4.69) is 12.2 Å². The van der Waals surface area contributed by atoms with Crippen molar-refractivity contribution in [3.8, 4) is 0 Å². The molecule has 0 heterocycles. The normalized spacial score (nSPS) is 24.2. The Kier molecular flexibility index (Phi) is 4.41. The second kappa shape index (κ2) is 5.83. The Balaban J connectivity index is 2.00. The van der Waals surface area contributed by atoms with Gasteiger partial charge in [0.05, 0.1) is 0 Å². The maximum atomic E-state index is 13.8. The van der Waals surface area contributed by atoms with Gasteiger partial charge in [-0.2, -0.15) is 0 Å². The molecular formula is C14H19ClFN. The van der Waals surface area contributed by atoms with Gasteiger partial charge in [-0.25, -0.2) is 4.39 Å². The van der Waals surface area contributed by atoms with Gasteiger partial charge in [-0.05, 0) is 55.8 Å². The smallest absolute Gasteiger partial charge is 0.128 e. The molecule has 1 aliphatic rings. The van der Waals surface area contributed by atoms with Gasteiger partial charge in [-0.15, -0.1) is 0 Å². The Labute approximate surface area is 107 Å². The Morgan fingerprint density at radius 3 is 2.94 bits per heavy atom. The molecule has 1 fully saturated rings. The lowest BCUT2D eigenvalue weighted by Crippen LogP contribution is -2.26. The molecule has 0 amide bonds. The number of rotatable bonds is 4. The molecule has 0 aromatic heterocycles. The quantitative estimate of drug-likeness (QED) is 0.854. The van der Waals surface area contributed by atoms with Crippen LogP contribution in [0.3, 0.4) is 0 Å². The highest BCUT2D eigenvalue weighted by Gasteiger charge is 2.27. The summed E-state index contributed by atoms with van der Waals surface area (Å²) < 4.78 is 13.8. The summed E-state index contributed by atoms with van der Waals surface area (Å²) in [5.74, 6) is 0.195. The Morgan fingerprint density at radius 1 is 1.41 bits per heavy atom. The van der Waals surface area contributed by atoms with E-state index in [0.717, 1.165) is 37.8 Å². The van der Waals surface area contributed by atoms with Crippen molar-refractivity contribution in [2.24, 2.45) is 0 Å². The highest BCUT2D eigenvalue weighted by atomic mass is 35.5. The molecule has 1 nitrogen and oxygen atoms in total. The minimum atomic E-state index is -0.154. The van der Waals surface area contributed by atoms with Crippen molar-refractivity contribution in [2.45, 2.75) is 44.6 Å². The summed E-state index contributed by atoms with van der Waals surface area (Å²) in [4.78, 5) is 0. The molecule has 17 heavy (non-hydrogen) atoms. The predicted molar refractivity (Wildman–Crippen MR) is 70.1 cm³/mol. The molecule has 1 aromatic rings. The average molecular weight is 256 g/mol. The lowest BCUT2D eigenvalue weighted by atomic mass is 9.97. The summed E-state index contributed by atoms with van der Waals surface area (Å²) >= 11 is 5.77. The van der Waals surface area contributed by atoms with Crippen LogP contribution in [0.2, 0.25) is 5.02 Å². The van der Waals surface area contributed by atoms with Crippen LogP contribution in [0.25, 0.3) is 0 Å². The molecular weight excluding hydrogens is 237 g/mol. The monoisotopic (exact) mass is 255 g/mol. The second-order valence-corrected chi connectivity index (χ2v) is 5.26. The van der Waals surface area contributed by atoms with Gasteiger partial charge in [0.15, 0.2) is 0 Å². The maximum Gasteiger partial charge on any atom is 0.128 e. The molecule has 3 heteroatoms. The van der Waals surface area contributed by atoms with Crippen molar-refractivity contribution in [1.29, 1.82) is 0 Å². The fraction of sp³-hybridized carbons (Fsp3) is 0.571. The van der Waals surface area contributed by atoms with Gasteiger partial charge >= 0.3 is 0 Å². The topological polar surface area (TPSA) is 12.0 Å². The largest absolute Gasteiger partial charge is 0.314 e. The summed E-state index contributed by atoms with van der Waals surface area (Å²) in [6.45, 7) is 3.22. The Bertz CT molecular complexity index is 380. The van der Waals surface area contributed by atoms with Crippen LogP contribution in [0.4, 0.5) is 4.39 Å². The molecule has 1 aromatic carbocycles. The number of halogens is 2. The molecule has 0 saturated heterocycles. The summed E-state index contributed by atoms with van der Waals surface area (Å²) in [7, 11) is 0. The SMILES string of the molecule is CCCNC1CCC(c2ccc(Cl)cc2F)C1. The average Bonchev–Trinajstić information content (AvgIpc) is 2.75. The minimum absolute atomic E-state index is 0.154. The van der Waals surface area contributed by atoms with Gasteiger partial charge in [0, 0.05) is 11.1 Å². The van der Waals surface area contributed by atoms with Gasteiger partial charge in [-0.3, -0.25) is 0 Å². The first-order valence-corrected chi connectivity index (χ1v) is 6.76. The van der Waals surface area contributed by atoms with E-state index in [1.807, 2.05) is 6.07 Å². The molecule has 0 bridgehead atoms. The summed E-state index contributed by atoms with van der Waals surface area (Å²) in [6, 6.07) is 5.59. The first-order valence-electron chi connectivity index (χ1n) is 6.39. The van der Waals surface area contributed by atoms with Crippen LogP contribution in [0.5, 0.6) is 0 Å². The molecule has 1 N–H and O–H groups in total. The van der Waals surface area contributed by atoms with Gasteiger partial charge in [0.25, 0.3) is 0 Å². The zero-order chi connectivity index (χ0) is 12.3. The van der Waals surface area contributed by atoms with Crippen molar-refractivity contribution in [1.82, 2.24) is 5.32 Å². The number of hydrogen-bond acceptors (Lipinski definition) is 1. The molecule has 2 atom stereocenters. The van der Waals surface area contributed by atoms with E-state index in [1.54, 1.807) is 6.07 Å². The summed E-state index contributed by atoms with van der Waals surface area (Å²) in [6.07, 6.45) is 4.40. The zero-order valence-electron chi connectivity index (χ0n) is 10.2. The second-order valence-electron chi connectivity index (χ2n) is 4.83. The fourth-order valence-corrected chi connectivity index (χ4v) is 2.79. The molecule has 1 aliphatic carbocycles. The highest BCUT2D eigenvalue weighted by molar-refractivity contribution is 6.30. The van der Waals surface area contributed by atoms with Gasteiger partial charge in [0.2, 0.25) is 0 Å². The highest BCUT2D eigenvalue weighted by Crippen LogP contribution is 2.36. The number of hydrogen-bond donors (Lipinski definition) is 1. The van der Waals surface area contributed by atoms with Crippen molar-refractivity contribution >= 4 is 11.6 Å². The number of nitrogens with one attached hydrogen (secondary N) is 1. The summed E-state index contributed by atoms with van der Waals surface area (Å²) in [5.41, 5.74) is 0.829. The third kappa shape index (κ3) is 3.20. The molecule has 0 radical (unpaired) electrons. The first kappa shape index (κ1) is 12.8. The van der Waals surface area contributed by atoms with Crippen molar-refractivity contribution in [3.63, 3.8) is 0 Å². The number of benzene rings is 1. The van der Waals surface area contributed by atoms with Gasteiger partial charge in [0.1, 0.15) is 5.82 Å². The van der Waals surface area contributed by atoms with Crippen LogP contribution in [-0.4, -0.2) is 12.6 Å². The fourth-order valence-electron chi connectivity index (χ4n) is 2.63. The molecule has 0 aliphatic heterocycles. The third-order valence-corrected chi connectivity index (χ3v) is 3.75. The molecule has 0 spiro atoms. The Hall–Kier alpha value is -0.600. The standard InChI is InChI=1S/C14H19ClFN/c1-2-7-17-12-5-3-10(8-12)13-6-4-11(15)9-14(13)16/h4,6,9-10,12,17H,2-3,5,7-8H2,1H3. The van der Waals surface area contributed by atoms with E-state index < -0.39 is 0 Å². The van der Waals surface area contributed by atoms with Gasteiger partial charge in [-0.1, -0.05) is 24.6 Å². The van der Waals surface area contributed by atoms with Crippen LogP contribution >= 0.6 is 11.6 Å². The zero-order valence-corrected chi connectivity index (χ0v) is 10.9. The van der Waals surface area contributed by atoms with Crippen molar-refractivity contribution < 1.29 is 4.39 Å². The maximum absolute atomic E-state index is 13.8. The van der Waals surface area contributed by atoms with Gasteiger partial charge < -0.3 is 5.32 Å². The van der Waals surface area contributed by atoms with E-state index in [9.17, 15) is 4.39 Å². The van der Waals surface area contributed by atoms with Crippen LogP contribution in [-0.2, 0) is 0 Å². The lowest BCUT2D eigenvalue weighted by Gasteiger charge is -2.13. The predicted octanol–water partition coefficient (Wildman–Crippen LogP) is 4.11. The van der Waals surface area contributed by atoms with Crippen LogP contribution in [0.15, 0.2) is 18.2 Å². The van der Waals surface area contributed by atoms with Crippen molar-refractivity contribution in [3.05, 3.63) is 34.6 Å². The van der Waals surface area contributed by atoms with Crippen LogP contribution < -0.4 is 5.32 Å². The lowest BCUT2D eigenvalue weighted by molar-refractivity contribution is 0.512. The van der Waals surface area contributed by atoms with Crippen molar-refractivity contribution in [2.75, 3.05) is 6.54 Å². The van der Waals surface area contributed by atoms with E-state index in [4.69, 9.17) is 11.6 Å². The van der Waals surface area contributed by atoms with E-state index >= 15 is 0 Å². The van der Waals surface area contributed by atoms with E-state index in [0.29, 0.717) is 17.0 Å². The van der Waals surface area contributed by atoms with Crippen LogP contribution in [0, 0.1) is 5.82 Å². The Morgan fingerprint density at radius 2 is 2.24 bits per heavy atom.